The number of anilines is 1. The van der Waals surface area contributed by atoms with E-state index >= 15 is 0 Å². The quantitative estimate of drug-likeness (QED) is 0.727. The molecule has 0 bridgehead atoms. The number of carbonyl (C=O) groups excluding carboxylic acids is 1. The molecule has 1 aromatic rings. The van der Waals surface area contributed by atoms with Crippen LogP contribution in [0.15, 0.2) is 30.9 Å². The SMILES string of the molecule is C=CCN(CC(=O)O)CC(=O)Nc1ccc2c(c1)OCO2. The number of carboxylic acid groups (broad SMARTS) is 1. The Hall–Kier alpha value is -2.54. The Balaban J connectivity index is 1.93. The van der Waals surface area contributed by atoms with Crippen LogP contribution in [-0.2, 0) is 9.59 Å². The molecule has 0 aromatic heterocycles. The van der Waals surface area contributed by atoms with Gasteiger partial charge in [-0.1, -0.05) is 6.08 Å². The molecule has 0 fully saturated rings. The van der Waals surface area contributed by atoms with Gasteiger partial charge in [-0.2, -0.15) is 0 Å². The van der Waals surface area contributed by atoms with Gasteiger partial charge in [-0.25, -0.2) is 0 Å². The van der Waals surface area contributed by atoms with Crippen molar-refractivity contribution in [3.8, 4) is 11.5 Å². The zero-order valence-corrected chi connectivity index (χ0v) is 11.4. The molecule has 1 aromatic carbocycles. The normalized spacial score (nSPS) is 12.2. The Labute approximate surface area is 121 Å². The minimum atomic E-state index is -0.993. The highest BCUT2D eigenvalue weighted by Gasteiger charge is 2.16. The van der Waals surface area contributed by atoms with Crippen molar-refractivity contribution < 1.29 is 24.2 Å². The summed E-state index contributed by atoms with van der Waals surface area (Å²) >= 11 is 0. The smallest absolute Gasteiger partial charge is 0.317 e. The number of fused-ring (bicyclic) bond motifs is 1. The van der Waals surface area contributed by atoms with Crippen LogP contribution in [0, 0.1) is 0 Å². The number of carbonyl (C=O) groups is 2. The lowest BCUT2D eigenvalue weighted by atomic mass is 10.2. The highest BCUT2D eigenvalue weighted by atomic mass is 16.7. The third-order valence-electron chi connectivity index (χ3n) is 2.77. The highest BCUT2D eigenvalue weighted by molar-refractivity contribution is 5.92. The van der Waals surface area contributed by atoms with Crippen molar-refractivity contribution >= 4 is 17.6 Å². The van der Waals surface area contributed by atoms with Gasteiger partial charge >= 0.3 is 5.97 Å². The van der Waals surface area contributed by atoms with Crippen molar-refractivity contribution in [2.24, 2.45) is 0 Å². The van der Waals surface area contributed by atoms with Gasteiger partial charge in [0, 0.05) is 18.3 Å². The summed E-state index contributed by atoms with van der Waals surface area (Å²) < 4.78 is 10.4. The number of nitrogens with one attached hydrogen (secondary N) is 1. The molecule has 1 amide bonds. The van der Waals surface area contributed by atoms with E-state index in [4.69, 9.17) is 14.6 Å². The predicted molar refractivity (Wildman–Crippen MR) is 75.5 cm³/mol. The van der Waals surface area contributed by atoms with Gasteiger partial charge in [0.2, 0.25) is 12.7 Å². The summed E-state index contributed by atoms with van der Waals surface area (Å²) in [6.07, 6.45) is 1.55. The van der Waals surface area contributed by atoms with Gasteiger partial charge in [-0.15, -0.1) is 6.58 Å². The largest absolute Gasteiger partial charge is 0.480 e. The van der Waals surface area contributed by atoms with Gasteiger partial charge in [0.15, 0.2) is 11.5 Å². The molecule has 7 nitrogen and oxygen atoms in total. The molecule has 2 rings (SSSR count). The number of amides is 1. The average molecular weight is 292 g/mol. The summed E-state index contributed by atoms with van der Waals surface area (Å²) in [5, 5.41) is 11.5. The summed E-state index contributed by atoms with van der Waals surface area (Å²) in [4.78, 5) is 24.1. The fourth-order valence-corrected chi connectivity index (χ4v) is 1.94. The summed E-state index contributed by atoms with van der Waals surface area (Å²) in [6.45, 7) is 3.77. The molecule has 112 valence electrons. The summed E-state index contributed by atoms with van der Waals surface area (Å²) in [5.41, 5.74) is 0.568. The molecule has 0 saturated carbocycles. The second-order valence-electron chi connectivity index (χ2n) is 4.47. The van der Waals surface area contributed by atoms with Gasteiger partial charge < -0.3 is 19.9 Å². The van der Waals surface area contributed by atoms with Crippen LogP contribution in [0.1, 0.15) is 0 Å². The van der Waals surface area contributed by atoms with Gasteiger partial charge in [0.1, 0.15) is 0 Å². The van der Waals surface area contributed by atoms with Crippen LogP contribution >= 0.6 is 0 Å². The van der Waals surface area contributed by atoms with Crippen molar-refractivity contribution in [2.75, 3.05) is 31.7 Å². The molecule has 0 atom stereocenters. The maximum absolute atomic E-state index is 11.9. The Kier molecular flexibility index (Phi) is 4.78. The predicted octanol–water partition coefficient (Wildman–Crippen LogP) is 0.926. The lowest BCUT2D eigenvalue weighted by Gasteiger charge is -2.17. The molecule has 0 aliphatic carbocycles. The number of carboxylic acids is 1. The lowest BCUT2D eigenvalue weighted by Crippen LogP contribution is -2.37. The van der Waals surface area contributed by atoms with Crippen LogP contribution in [0.4, 0.5) is 5.69 Å². The van der Waals surface area contributed by atoms with Gasteiger partial charge in [0.25, 0.3) is 0 Å². The fourth-order valence-electron chi connectivity index (χ4n) is 1.94. The molecule has 1 aliphatic heterocycles. The molecule has 0 saturated heterocycles. The highest BCUT2D eigenvalue weighted by Crippen LogP contribution is 2.34. The van der Waals surface area contributed by atoms with Crippen LogP contribution in [0.2, 0.25) is 0 Å². The van der Waals surface area contributed by atoms with Crippen LogP contribution in [0.3, 0.4) is 0 Å². The number of aliphatic carboxylic acids is 1. The van der Waals surface area contributed by atoms with E-state index in [2.05, 4.69) is 11.9 Å². The number of hydrogen-bond donors (Lipinski definition) is 2. The number of rotatable bonds is 7. The van der Waals surface area contributed by atoms with Gasteiger partial charge in [0.05, 0.1) is 13.1 Å². The minimum Gasteiger partial charge on any atom is -0.480 e. The molecule has 1 heterocycles. The lowest BCUT2D eigenvalue weighted by molar-refractivity contribution is -0.138. The van der Waals surface area contributed by atoms with E-state index in [0.717, 1.165) is 0 Å². The summed E-state index contributed by atoms with van der Waals surface area (Å²) in [7, 11) is 0. The average Bonchev–Trinajstić information content (AvgIpc) is 2.85. The van der Waals surface area contributed by atoms with Crippen LogP contribution in [0.5, 0.6) is 11.5 Å². The van der Waals surface area contributed by atoms with E-state index in [1.807, 2.05) is 0 Å². The maximum Gasteiger partial charge on any atom is 0.317 e. The minimum absolute atomic E-state index is 0.0350. The molecular weight excluding hydrogens is 276 g/mol. The van der Waals surface area contributed by atoms with Gasteiger partial charge in [-0.3, -0.25) is 14.5 Å². The van der Waals surface area contributed by atoms with E-state index in [1.54, 1.807) is 24.3 Å². The van der Waals surface area contributed by atoms with E-state index in [9.17, 15) is 9.59 Å². The first-order valence-electron chi connectivity index (χ1n) is 6.33. The molecule has 1 aliphatic rings. The second-order valence-corrected chi connectivity index (χ2v) is 4.47. The van der Waals surface area contributed by atoms with E-state index < -0.39 is 5.97 Å². The maximum atomic E-state index is 11.9. The number of hydrogen-bond acceptors (Lipinski definition) is 5. The molecule has 0 radical (unpaired) electrons. The second kappa shape index (κ2) is 6.76. The molecule has 7 heteroatoms. The van der Waals surface area contributed by atoms with Crippen molar-refractivity contribution in [2.45, 2.75) is 0 Å². The molecule has 21 heavy (non-hydrogen) atoms. The molecule has 0 spiro atoms. The summed E-state index contributed by atoms with van der Waals surface area (Å²) in [5.74, 6) is -0.0989. The van der Waals surface area contributed by atoms with E-state index in [0.29, 0.717) is 23.7 Å². The molecular formula is C14H16N2O5. The van der Waals surface area contributed by atoms with E-state index in [1.165, 1.54) is 4.90 Å². The van der Waals surface area contributed by atoms with E-state index in [-0.39, 0.29) is 25.8 Å². The Bertz CT molecular complexity index is 558. The van der Waals surface area contributed by atoms with Crippen LogP contribution in [0.25, 0.3) is 0 Å². The van der Waals surface area contributed by atoms with Gasteiger partial charge in [-0.05, 0) is 12.1 Å². The number of ether oxygens (including phenoxy) is 2. The monoisotopic (exact) mass is 292 g/mol. The summed E-state index contributed by atoms with van der Waals surface area (Å²) in [6, 6.07) is 5.06. The first-order valence-corrected chi connectivity index (χ1v) is 6.33. The Morgan fingerprint density at radius 2 is 2.10 bits per heavy atom. The first kappa shape index (κ1) is 14.9. The molecule has 0 unspecified atom stereocenters. The van der Waals surface area contributed by atoms with Crippen molar-refractivity contribution in [1.82, 2.24) is 4.90 Å². The first-order chi connectivity index (χ1) is 10.1. The Morgan fingerprint density at radius 3 is 2.81 bits per heavy atom. The topological polar surface area (TPSA) is 88.1 Å². The van der Waals surface area contributed by atoms with Crippen molar-refractivity contribution in [1.29, 1.82) is 0 Å². The van der Waals surface area contributed by atoms with Crippen molar-refractivity contribution in [3.63, 3.8) is 0 Å². The zero-order chi connectivity index (χ0) is 15.2. The Morgan fingerprint density at radius 1 is 1.33 bits per heavy atom. The zero-order valence-electron chi connectivity index (χ0n) is 11.4. The molecule has 2 N–H and O–H groups in total. The third-order valence-corrected chi connectivity index (χ3v) is 2.77. The fraction of sp³-hybridized carbons (Fsp3) is 0.286. The van der Waals surface area contributed by atoms with Crippen LogP contribution < -0.4 is 14.8 Å². The van der Waals surface area contributed by atoms with Crippen molar-refractivity contribution in [3.05, 3.63) is 30.9 Å². The standard InChI is InChI=1S/C14H16N2O5/c1-2-5-16(8-14(18)19)7-13(17)15-10-3-4-11-12(6-10)21-9-20-11/h2-4,6H,1,5,7-9H2,(H,15,17)(H,18,19). The number of nitrogens with zero attached hydrogens (tertiary/aromatic N) is 1. The van der Waals surface area contributed by atoms with Crippen LogP contribution in [-0.4, -0.2) is 48.3 Å². The third kappa shape index (κ3) is 4.22. The number of benzene rings is 1.